The number of halogens is 3. The predicted molar refractivity (Wildman–Crippen MR) is 133 cm³/mol. The minimum Gasteiger partial charge on any atom is -0.493 e. The van der Waals surface area contributed by atoms with Gasteiger partial charge in [-0.3, -0.25) is 19.4 Å². The van der Waals surface area contributed by atoms with Crippen LogP contribution in [0.15, 0.2) is 48.8 Å². The quantitative estimate of drug-likeness (QED) is 0.321. The lowest BCUT2D eigenvalue weighted by Gasteiger charge is -2.25. The van der Waals surface area contributed by atoms with Crippen LogP contribution in [0.1, 0.15) is 30.8 Å². The van der Waals surface area contributed by atoms with Gasteiger partial charge in [0.05, 0.1) is 31.1 Å². The molecule has 0 saturated carbocycles. The van der Waals surface area contributed by atoms with Crippen molar-refractivity contribution in [2.75, 3.05) is 14.2 Å². The maximum Gasteiger partial charge on any atom is 0.399 e. The van der Waals surface area contributed by atoms with Crippen LogP contribution < -0.4 is 9.47 Å². The van der Waals surface area contributed by atoms with Crippen LogP contribution in [0.4, 0.5) is 13.2 Å². The van der Waals surface area contributed by atoms with Gasteiger partial charge in [-0.1, -0.05) is 6.07 Å². The molecule has 37 heavy (non-hydrogen) atoms. The molecule has 10 heteroatoms. The number of aryl methyl sites for hydroxylation is 1. The normalized spacial score (nSPS) is 12.1. The van der Waals surface area contributed by atoms with Crippen molar-refractivity contribution in [3.63, 3.8) is 0 Å². The second-order valence-electron chi connectivity index (χ2n) is 9.34. The van der Waals surface area contributed by atoms with E-state index in [2.05, 4.69) is 15.1 Å². The lowest BCUT2D eigenvalue weighted by Crippen LogP contribution is -2.36. The molecular weight excluding hydrogens is 485 g/mol. The van der Waals surface area contributed by atoms with Crippen LogP contribution in [-0.2, 0) is 30.1 Å². The van der Waals surface area contributed by atoms with Crippen molar-refractivity contribution in [3.8, 4) is 22.8 Å². The highest BCUT2D eigenvalue weighted by Gasteiger charge is 2.50. The molecule has 0 spiro atoms. The molecule has 0 aliphatic rings. The van der Waals surface area contributed by atoms with Crippen LogP contribution in [0.3, 0.4) is 0 Å². The number of ketones is 1. The van der Waals surface area contributed by atoms with E-state index in [1.165, 1.54) is 17.8 Å². The van der Waals surface area contributed by atoms with Gasteiger partial charge in [0.1, 0.15) is 11.2 Å². The third-order valence-corrected chi connectivity index (χ3v) is 6.41. The molecule has 0 aliphatic carbocycles. The van der Waals surface area contributed by atoms with Gasteiger partial charge in [0.15, 0.2) is 11.5 Å². The summed E-state index contributed by atoms with van der Waals surface area (Å²) in [6, 6.07) is 10.6. The van der Waals surface area contributed by atoms with Crippen LogP contribution in [0.25, 0.3) is 22.2 Å². The lowest BCUT2D eigenvalue weighted by molar-refractivity contribution is -0.181. The van der Waals surface area contributed by atoms with E-state index >= 15 is 0 Å². The summed E-state index contributed by atoms with van der Waals surface area (Å²) in [4.78, 5) is 21.7. The van der Waals surface area contributed by atoms with Crippen molar-refractivity contribution in [1.82, 2.24) is 19.7 Å². The molecule has 1 aromatic carbocycles. The van der Waals surface area contributed by atoms with E-state index in [0.29, 0.717) is 28.5 Å². The number of carbonyl (C=O) groups is 1. The highest BCUT2D eigenvalue weighted by atomic mass is 19.4. The Morgan fingerprint density at radius 2 is 1.65 bits per heavy atom. The SMILES string of the molecule is COc1cc2cc(-c3ccc(CC(=O)Cc4cc(C(C)(C)C(F)(F)F)nn4C)cn3)cnc2cc1OC. The summed E-state index contributed by atoms with van der Waals surface area (Å²) in [5, 5.41) is 4.87. The standard InChI is InChI=1S/C27H27F3N4O3/c1-26(2,27(28,29)30)25-12-19(34(3)33-25)11-20(35)8-16-6-7-21(31-14-16)18-9-17-10-23(36-4)24(37-5)13-22(17)32-15-18/h6-7,9-10,12-15H,8,11H2,1-5H3. The van der Waals surface area contributed by atoms with Crippen LogP contribution in [0.2, 0.25) is 0 Å². The topological polar surface area (TPSA) is 79.1 Å². The summed E-state index contributed by atoms with van der Waals surface area (Å²) < 4.78 is 52.1. The fourth-order valence-corrected chi connectivity index (χ4v) is 3.91. The summed E-state index contributed by atoms with van der Waals surface area (Å²) in [5.74, 6) is 1.04. The number of fused-ring (bicyclic) bond motifs is 1. The summed E-state index contributed by atoms with van der Waals surface area (Å²) >= 11 is 0. The second kappa shape index (κ2) is 9.84. The molecule has 4 aromatic rings. The van der Waals surface area contributed by atoms with E-state index in [-0.39, 0.29) is 24.3 Å². The summed E-state index contributed by atoms with van der Waals surface area (Å²) in [7, 11) is 4.67. The molecule has 0 amide bonds. The number of benzene rings is 1. The first-order valence-corrected chi connectivity index (χ1v) is 11.5. The van der Waals surface area contributed by atoms with Gasteiger partial charge in [-0.2, -0.15) is 18.3 Å². The fourth-order valence-electron chi connectivity index (χ4n) is 3.91. The maximum atomic E-state index is 13.4. The minimum atomic E-state index is -4.45. The monoisotopic (exact) mass is 512 g/mol. The van der Waals surface area contributed by atoms with E-state index in [4.69, 9.17) is 9.47 Å². The average molecular weight is 513 g/mol. The zero-order valence-electron chi connectivity index (χ0n) is 21.2. The molecule has 0 atom stereocenters. The molecule has 0 fully saturated rings. The summed E-state index contributed by atoms with van der Waals surface area (Å²) in [5.41, 5.74) is 1.14. The Balaban J connectivity index is 1.47. The number of pyridine rings is 2. The molecule has 0 aliphatic heterocycles. The summed E-state index contributed by atoms with van der Waals surface area (Å²) in [6.45, 7) is 2.15. The number of Topliss-reactive ketones (excluding diaryl/α,β-unsaturated/α-hetero) is 1. The van der Waals surface area contributed by atoms with E-state index in [1.807, 2.05) is 12.1 Å². The Hall–Kier alpha value is -3.95. The molecule has 0 N–H and O–H groups in total. The van der Waals surface area contributed by atoms with E-state index in [1.54, 1.807) is 44.8 Å². The lowest BCUT2D eigenvalue weighted by atomic mass is 9.88. The number of aromatic nitrogens is 4. The Kier molecular flexibility index (Phi) is 6.94. The second-order valence-corrected chi connectivity index (χ2v) is 9.34. The zero-order chi connectivity index (χ0) is 27.0. The summed E-state index contributed by atoms with van der Waals surface area (Å²) in [6.07, 6.45) is -1.05. The van der Waals surface area contributed by atoms with Gasteiger partial charge in [0.2, 0.25) is 0 Å². The number of ether oxygens (including phenoxy) is 2. The molecule has 194 valence electrons. The Bertz CT molecular complexity index is 1440. The van der Waals surface area contributed by atoms with Crippen LogP contribution in [0.5, 0.6) is 11.5 Å². The third kappa shape index (κ3) is 5.28. The van der Waals surface area contributed by atoms with Gasteiger partial charge in [-0.05, 0) is 43.7 Å². The van der Waals surface area contributed by atoms with Crippen molar-refractivity contribution in [2.45, 2.75) is 38.3 Å². The van der Waals surface area contributed by atoms with Crippen molar-refractivity contribution in [1.29, 1.82) is 0 Å². The first-order valence-electron chi connectivity index (χ1n) is 11.5. The number of hydrogen-bond donors (Lipinski definition) is 0. The number of hydrogen-bond acceptors (Lipinski definition) is 6. The first-order chi connectivity index (χ1) is 17.4. The van der Waals surface area contributed by atoms with Crippen LogP contribution in [-0.4, -0.2) is 45.9 Å². The fraction of sp³-hybridized carbons (Fsp3) is 0.333. The maximum absolute atomic E-state index is 13.4. The molecule has 3 heterocycles. The zero-order valence-corrected chi connectivity index (χ0v) is 21.2. The van der Waals surface area contributed by atoms with Crippen molar-refractivity contribution in [3.05, 3.63) is 65.7 Å². The number of rotatable bonds is 8. The van der Waals surface area contributed by atoms with Gasteiger partial charge in [0.25, 0.3) is 0 Å². The first kappa shape index (κ1) is 26.1. The molecule has 0 saturated heterocycles. The molecule has 7 nitrogen and oxygen atoms in total. The van der Waals surface area contributed by atoms with E-state index in [9.17, 15) is 18.0 Å². The average Bonchev–Trinajstić information content (AvgIpc) is 3.23. The van der Waals surface area contributed by atoms with Crippen molar-refractivity contribution >= 4 is 16.7 Å². The molecule has 3 aromatic heterocycles. The Morgan fingerprint density at radius 1 is 0.946 bits per heavy atom. The van der Waals surface area contributed by atoms with Gasteiger partial charge >= 0.3 is 6.18 Å². The predicted octanol–water partition coefficient (Wildman–Crippen LogP) is 5.24. The number of nitrogens with zero attached hydrogens (tertiary/aromatic N) is 4. The van der Waals surface area contributed by atoms with E-state index in [0.717, 1.165) is 30.3 Å². The van der Waals surface area contributed by atoms with Gasteiger partial charge in [-0.25, -0.2) is 0 Å². The third-order valence-electron chi connectivity index (χ3n) is 6.41. The number of alkyl halides is 3. The number of methoxy groups -OCH3 is 2. The molecule has 4 rings (SSSR count). The van der Waals surface area contributed by atoms with Crippen LogP contribution >= 0.6 is 0 Å². The van der Waals surface area contributed by atoms with Gasteiger partial charge < -0.3 is 9.47 Å². The molecular formula is C27H27F3N4O3. The van der Waals surface area contributed by atoms with Gasteiger partial charge in [0, 0.05) is 55.0 Å². The minimum absolute atomic E-state index is 0.0287. The Morgan fingerprint density at radius 3 is 2.27 bits per heavy atom. The van der Waals surface area contributed by atoms with E-state index < -0.39 is 11.6 Å². The highest BCUT2D eigenvalue weighted by molar-refractivity contribution is 5.86. The molecule has 0 unspecified atom stereocenters. The van der Waals surface area contributed by atoms with Crippen molar-refractivity contribution < 1.29 is 27.4 Å². The Labute approximate surface area is 212 Å². The highest BCUT2D eigenvalue weighted by Crippen LogP contribution is 2.40. The van der Waals surface area contributed by atoms with Gasteiger partial charge in [-0.15, -0.1) is 0 Å². The largest absolute Gasteiger partial charge is 0.493 e. The number of carbonyl (C=O) groups excluding carboxylic acids is 1. The van der Waals surface area contributed by atoms with Crippen LogP contribution in [0, 0.1) is 0 Å². The molecule has 0 bridgehead atoms. The smallest absolute Gasteiger partial charge is 0.399 e. The van der Waals surface area contributed by atoms with Crippen molar-refractivity contribution in [2.24, 2.45) is 7.05 Å². The molecule has 0 radical (unpaired) electrons.